The van der Waals surface area contributed by atoms with E-state index < -0.39 is 0 Å². The Labute approximate surface area is 115 Å². The summed E-state index contributed by atoms with van der Waals surface area (Å²) in [7, 11) is 0. The summed E-state index contributed by atoms with van der Waals surface area (Å²) >= 11 is 0. The van der Waals surface area contributed by atoms with Crippen LogP contribution in [0.1, 0.15) is 10.4 Å². The largest absolute Gasteiger partial charge is 0.338 e. The van der Waals surface area contributed by atoms with Crippen LogP contribution in [0.25, 0.3) is 11.1 Å². The predicted molar refractivity (Wildman–Crippen MR) is 74.1 cm³/mol. The lowest BCUT2D eigenvalue weighted by atomic mass is 10.1. The van der Waals surface area contributed by atoms with Gasteiger partial charge >= 0.3 is 0 Å². The predicted octanol–water partition coefficient (Wildman–Crippen LogP) is 2.99. The third-order valence-electron chi connectivity index (χ3n) is 2.82. The first-order valence-electron chi connectivity index (χ1n) is 6.06. The minimum absolute atomic E-state index is 0.263. The summed E-state index contributed by atoms with van der Waals surface area (Å²) in [5.74, 6) is 0.0688. The van der Waals surface area contributed by atoms with Crippen LogP contribution in [0.3, 0.4) is 0 Å². The van der Waals surface area contributed by atoms with Crippen molar-refractivity contribution < 1.29 is 9.32 Å². The van der Waals surface area contributed by atoms with Gasteiger partial charge in [0.05, 0.1) is 11.8 Å². The summed E-state index contributed by atoms with van der Waals surface area (Å²) in [5.41, 5.74) is 2.18. The van der Waals surface area contributed by atoms with Crippen molar-refractivity contribution in [2.45, 2.75) is 0 Å². The summed E-state index contributed by atoms with van der Waals surface area (Å²) in [4.78, 5) is 15.9. The number of carbonyl (C=O) groups is 1. The van der Waals surface area contributed by atoms with E-state index in [1.54, 1.807) is 30.7 Å². The molecule has 0 aliphatic carbocycles. The molecule has 3 rings (SSSR count). The number of aromatic nitrogens is 2. The molecule has 0 unspecified atom stereocenters. The minimum atomic E-state index is -0.263. The van der Waals surface area contributed by atoms with Crippen LogP contribution in [0.4, 0.5) is 5.88 Å². The Bertz CT molecular complexity index is 708. The first-order valence-corrected chi connectivity index (χ1v) is 6.06. The van der Waals surface area contributed by atoms with E-state index in [4.69, 9.17) is 4.52 Å². The highest BCUT2D eigenvalue weighted by atomic mass is 16.5. The van der Waals surface area contributed by atoms with Crippen molar-refractivity contribution in [3.63, 3.8) is 0 Å². The van der Waals surface area contributed by atoms with Gasteiger partial charge in [0.15, 0.2) is 0 Å². The molecule has 1 aromatic carbocycles. The average molecular weight is 265 g/mol. The molecule has 0 radical (unpaired) electrons. The van der Waals surface area contributed by atoms with Crippen LogP contribution in [0.5, 0.6) is 0 Å². The van der Waals surface area contributed by atoms with Gasteiger partial charge in [-0.1, -0.05) is 35.5 Å². The molecule has 0 atom stereocenters. The second kappa shape index (κ2) is 5.36. The van der Waals surface area contributed by atoms with Crippen LogP contribution in [0.2, 0.25) is 0 Å². The maximum atomic E-state index is 12.1. The monoisotopic (exact) mass is 265 g/mol. The van der Waals surface area contributed by atoms with Crippen molar-refractivity contribution in [2.75, 3.05) is 5.32 Å². The van der Waals surface area contributed by atoms with Gasteiger partial charge in [-0.25, -0.2) is 0 Å². The summed E-state index contributed by atoms with van der Waals surface area (Å²) < 4.78 is 5.11. The molecule has 3 aromatic rings. The van der Waals surface area contributed by atoms with Crippen LogP contribution in [0.15, 0.2) is 65.6 Å². The highest BCUT2D eigenvalue weighted by molar-refractivity contribution is 6.05. The molecule has 20 heavy (non-hydrogen) atoms. The Kier molecular flexibility index (Phi) is 3.24. The fourth-order valence-corrected chi connectivity index (χ4v) is 1.83. The van der Waals surface area contributed by atoms with Crippen molar-refractivity contribution in [1.82, 2.24) is 10.1 Å². The Morgan fingerprint density at radius 3 is 2.55 bits per heavy atom. The Hall–Kier alpha value is -2.95. The number of carbonyl (C=O) groups excluding carboxylic acids is 1. The van der Waals surface area contributed by atoms with Crippen molar-refractivity contribution >= 4 is 11.8 Å². The van der Waals surface area contributed by atoms with E-state index in [1.807, 2.05) is 30.3 Å². The number of hydrogen-bond donors (Lipinski definition) is 1. The lowest BCUT2D eigenvalue weighted by Gasteiger charge is -2.03. The Balaban J connectivity index is 1.86. The number of hydrogen-bond acceptors (Lipinski definition) is 4. The molecule has 1 amide bonds. The molecule has 0 saturated carbocycles. The standard InChI is InChI=1S/C15H11N3O2/c19-14(12-6-8-16-9-7-12)18-15-13(10-17-20-15)11-4-2-1-3-5-11/h1-10H,(H,18,19). The second-order valence-electron chi connectivity index (χ2n) is 4.12. The summed E-state index contributed by atoms with van der Waals surface area (Å²) in [6.07, 6.45) is 4.71. The molecule has 0 saturated heterocycles. The van der Waals surface area contributed by atoms with E-state index in [2.05, 4.69) is 15.5 Å². The smallest absolute Gasteiger partial charge is 0.258 e. The zero-order chi connectivity index (χ0) is 13.8. The quantitative estimate of drug-likeness (QED) is 0.790. The highest BCUT2D eigenvalue weighted by Gasteiger charge is 2.14. The van der Waals surface area contributed by atoms with E-state index in [1.165, 1.54) is 0 Å². The molecule has 98 valence electrons. The fourth-order valence-electron chi connectivity index (χ4n) is 1.83. The van der Waals surface area contributed by atoms with Gasteiger partial charge in [-0.05, 0) is 17.7 Å². The van der Waals surface area contributed by atoms with E-state index in [0.717, 1.165) is 11.1 Å². The summed E-state index contributed by atoms with van der Waals surface area (Å²) in [6.45, 7) is 0. The lowest BCUT2D eigenvalue weighted by molar-refractivity contribution is 0.102. The van der Waals surface area contributed by atoms with Crippen LogP contribution < -0.4 is 5.32 Å². The van der Waals surface area contributed by atoms with Gasteiger partial charge < -0.3 is 4.52 Å². The van der Waals surface area contributed by atoms with Crippen LogP contribution in [-0.2, 0) is 0 Å². The molecule has 2 aromatic heterocycles. The van der Waals surface area contributed by atoms with Crippen LogP contribution >= 0.6 is 0 Å². The molecule has 0 spiro atoms. The molecule has 5 heteroatoms. The van der Waals surface area contributed by atoms with E-state index >= 15 is 0 Å². The number of rotatable bonds is 3. The third-order valence-corrected chi connectivity index (χ3v) is 2.82. The number of nitrogens with one attached hydrogen (secondary N) is 1. The van der Waals surface area contributed by atoms with Crippen LogP contribution in [0, 0.1) is 0 Å². The first kappa shape index (κ1) is 12.1. The molecule has 5 nitrogen and oxygen atoms in total. The number of pyridine rings is 1. The van der Waals surface area contributed by atoms with Gasteiger partial charge in [-0.2, -0.15) is 0 Å². The normalized spacial score (nSPS) is 10.2. The van der Waals surface area contributed by atoms with E-state index in [9.17, 15) is 4.79 Å². The van der Waals surface area contributed by atoms with E-state index in [0.29, 0.717) is 11.4 Å². The fraction of sp³-hybridized carbons (Fsp3) is 0. The van der Waals surface area contributed by atoms with Crippen molar-refractivity contribution in [2.24, 2.45) is 0 Å². The molecular formula is C15H11N3O2. The summed E-state index contributed by atoms with van der Waals surface area (Å²) in [6, 6.07) is 12.9. The SMILES string of the molecule is O=C(Nc1oncc1-c1ccccc1)c1ccncc1. The molecule has 0 aliphatic heterocycles. The van der Waals surface area contributed by atoms with Gasteiger partial charge in [-0.3, -0.25) is 15.1 Å². The van der Waals surface area contributed by atoms with E-state index in [-0.39, 0.29) is 5.91 Å². The average Bonchev–Trinajstić information content (AvgIpc) is 2.97. The topological polar surface area (TPSA) is 68.0 Å². The molecule has 0 fully saturated rings. The zero-order valence-corrected chi connectivity index (χ0v) is 10.5. The van der Waals surface area contributed by atoms with Gasteiger partial charge in [-0.15, -0.1) is 0 Å². The lowest BCUT2D eigenvalue weighted by Crippen LogP contribution is -2.11. The molecule has 2 heterocycles. The minimum Gasteiger partial charge on any atom is -0.338 e. The van der Waals surface area contributed by atoms with Crippen molar-refractivity contribution in [3.8, 4) is 11.1 Å². The second-order valence-corrected chi connectivity index (χ2v) is 4.12. The molecular weight excluding hydrogens is 254 g/mol. The number of amides is 1. The maximum absolute atomic E-state index is 12.1. The maximum Gasteiger partial charge on any atom is 0.258 e. The Morgan fingerprint density at radius 2 is 1.80 bits per heavy atom. The van der Waals surface area contributed by atoms with Crippen molar-refractivity contribution in [1.29, 1.82) is 0 Å². The third kappa shape index (κ3) is 2.42. The molecule has 0 bridgehead atoms. The zero-order valence-electron chi connectivity index (χ0n) is 10.5. The molecule has 0 aliphatic rings. The summed E-state index contributed by atoms with van der Waals surface area (Å²) in [5, 5.41) is 6.45. The number of anilines is 1. The molecule has 1 N–H and O–H groups in total. The van der Waals surface area contributed by atoms with Gasteiger partial charge in [0.25, 0.3) is 5.91 Å². The van der Waals surface area contributed by atoms with Crippen molar-refractivity contribution in [3.05, 3.63) is 66.6 Å². The Morgan fingerprint density at radius 1 is 1.05 bits per heavy atom. The number of benzene rings is 1. The number of nitrogens with zero attached hydrogens (tertiary/aromatic N) is 2. The van der Waals surface area contributed by atoms with Gasteiger partial charge in [0.1, 0.15) is 0 Å². The van der Waals surface area contributed by atoms with Gasteiger partial charge in [0, 0.05) is 18.0 Å². The highest BCUT2D eigenvalue weighted by Crippen LogP contribution is 2.27. The first-order chi connectivity index (χ1) is 9.84. The van der Waals surface area contributed by atoms with Crippen LogP contribution in [-0.4, -0.2) is 16.0 Å². The van der Waals surface area contributed by atoms with Gasteiger partial charge in [0.2, 0.25) is 5.88 Å².